The van der Waals surface area contributed by atoms with Crippen molar-refractivity contribution < 1.29 is 19.5 Å². The molecule has 0 saturated carbocycles. The summed E-state index contributed by atoms with van der Waals surface area (Å²) >= 11 is 0. The molecule has 2 atom stereocenters. The molecule has 2 unspecified atom stereocenters. The Bertz CT molecular complexity index is 573. The lowest BCUT2D eigenvalue weighted by atomic mass is 10.0. The van der Waals surface area contributed by atoms with Gasteiger partial charge in [-0.15, -0.1) is 0 Å². The van der Waals surface area contributed by atoms with Crippen LogP contribution in [-0.2, 0) is 20.8 Å². The Kier molecular flexibility index (Phi) is 5.73. The quantitative estimate of drug-likeness (QED) is 0.821. The summed E-state index contributed by atoms with van der Waals surface area (Å²) in [5, 5.41) is 11.8. The normalized spacial score (nSPS) is 20.3. The Balaban J connectivity index is 1.73. The average molecular weight is 318 g/mol. The third-order valence-electron chi connectivity index (χ3n) is 4.26. The lowest BCUT2D eigenvalue weighted by Crippen LogP contribution is -2.39. The number of aliphatic carboxylic acids is 1. The molecule has 0 aliphatic carbocycles. The van der Waals surface area contributed by atoms with E-state index in [0.29, 0.717) is 13.0 Å². The molecule has 2 N–H and O–H groups in total. The Morgan fingerprint density at radius 2 is 1.96 bits per heavy atom. The number of likely N-dealkylation sites (tertiary alicyclic amines) is 1. The van der Waals surface area contributed by atoms with Crippen molar-refractivity contribution in [2.45, 2.75) is 32.2 Å². The first-order chi connectivity index (χ1) is 11.0. The highest BCUT2D eigenvalue weighted by Crippen LogP contribution is 2.24. The Morgan fingerprint density at radius 1 is 1.26 bits per heavy atom. The second-order valence-electron chi connectivity index (χ2n) is 5.82. The summed E-state index contributed by atoms with van der Waals surface area (Å²) < 4.78 is 0. The fourth-order valence-corrected chi connectivity index (χ4v) is 2.92. The van der Waals surface area contributed by atoms with Crippen LogP contribution in [0.1, 0.15) is 25.3 Å². The summed E-state index contributed by atoms with van der Waals surface area (Å²) in [6.07, 6.45) is 0.968. The van der Waals surface area contributed by atoms with Crippen LogP contribution in [0.3, 0.4) is 0 Å². The van der Waals surface area contributed by atoms with Crippen molar-refractivity contribution in [2.75, 3.05) is 13.1 Å². The molecule has 2 rings (SSSR count). The number of nitrogens with zero attached hydrogens (tertiary/aromatic N) is 1. The molecule has 1 heterocycles. The minimum atomic E-state index is -0.857. The third kappa shape index (κ3) is 4.55. The van der Waals surface area contributed by atoms with Crippen LogP contribution in [0, 0.1) is 5.92 Å². The van der Waals surface area contributed by atoms with Gasteiger partial charge in [-0.25, -0.2) is 0 Å². The first kappa shape index (κ1) is 17.0. The molecule has 1 aliphatic heterocycles. The second kappa shape index (κ2) is 7.76. The first-order valence-corrected chi connectivity index (χ1v) is 7.82. The number of nitrogens with one attached hydrogen (secondary N) is 1. The minimum absolute atomic E-state index is 0.110. The average Bonchev–Trinajstić information content (AvgIpc) is 2.90. The van der Waals surface area contributed by atoms with Gasteiger partial charge in [0.1, 0.15) is 0 Å². The first-order valence-electron chi connectivity index (χ1n) is 7.82. The van der Waals surface area contributed by atoms with Crippen LogP contribution in [-0.4, -0.2) is 46.9 Å². The van der Waals surface area contributed by atoms with Crippen LogP contribution in [0.15, 0.2) is 30.3 Å². The highest BCUT2D eigenvalue weighted by Gasteiger charge is 2.37. The van der Waals surface area contributed by atoms with Crippen molar-refractivity contribution in [2.24, 2.45) is 5.92 Å². The number of amides is 2. The van der Waals surface area contributed by atoms with Crippen molar-refractivity contribution in [3.05, 3.63) is 35.9 Å². The Hall–Kier alpha value is -2.37. The summed E-state index contributed by atoms with van der Waals surface area (Å²) in [5.74, 6) is -1.58. The molecule has 23 heavy (non-hydrogen) atoms. The minimum Gasteiger partial charge on any atom is -0.481 e. The highest BCUT2D eigenvalue weighted by atomic mass is 16.4. The number of carbonyl (C=O) groups is 3. The molecule has 1 aliphatic rings. The van der Waals surface area contributed by atoms with E-state index in [9.17, 15) is 14.4 Å². The van der Waals surface area contributed by atoms with Crippen LogP contribution in [0.25, 0.3) is 0 Å². The maximum absolute atomic E-state index is 12.1. The molecule has 1 saturated heterocycles. The van der Waals surface area contributed by atoms with Gasteiger partial charge in [0.25, 0.3) is 0 Å². The number of benzene rings is 1. The maximum Gasteiger partial charge on any atom is 0.308 e. The molecule has 1 fully saturated rings. The van der Waals surface area contributed by atoms with Gasteiger partial charge in [0, 0.05) is 25.6 Å². The zero-order valence-corrected chi connectivity index (χ0v) is 13.2. The molecule has 6 nitrogen and oxygen atoms in total. The van der Waals surface area contributed by atoms with Crippen molar-refractivity contribution in [3.63, 3.8) is 0 Å². The fraction of sp³-hybridized carbons (Fsp3) is 0.471. The zero-order chi connectivity index (χ0) is 16.8. The molecular weight excluding hydrogens is 296 g/mol. The topological polar surface area (TPSA) is 86.7 Å². The Labute approximate surface area is 135 Å². The van der Waals surface area contributed by atoms with Crippen LogP contribution >= 0.6 is 0 Å². The smallest absolute Gasteiger partial charge is 0.308 e. The molecule has 6 heteroatoms. The monoisotopic (exact) mass is 318 g/mol. The van der Waals surface area contributed by atoms with E-state index >= 15 is 0 Å². The van der Waals surface area contributed by atoms with E-state index in [4.69, 9.17) is 5.11 Å². The predicted octanol–water partition coefficient (Wildman–Crippen LogP) is 1.06. The van der Waals surface area contributed by atoms with Gasteiger partial charge in [0.2, 0.25) is 11.8 Å². The summed E-state index contributed by atoms with van der Waals surface area (Å²) in [5.41, 5.74) is 0.925. The van der Waals surface area contributed by atoms with Crippen molar-refractivity contribution in [1.82, 2.24) is 10.2 Å². The van der Waals surface area contributed by atoms with Gasteiger partial charge < -0.3 is 15.3 Å². The van der Waals surface area contributed by atoms with Gasteiger partial charge in [-0.3, -0.25) is 14.4 Å². The summed E-state index contributed by atoms with van der Waals surface area (Å²) in [7, 11) is 0. The SMILES string of the molecule is CC1C(C(=O)O)CCN1C(=O)CCNC(=O)Cc1ccccc1. The fourth-order valence-electron chi connectivity index (χ4n) is 2.92. The molecular formula is C17H22N2O4. The summed E-state index contributed by atoms with van der Waals surface area (Å²) in [4.78, 5) is 36.6. The van der Waals surface area contributed by atoms with E-state index in [1.54, 1.807) is 11.8 Å². The number of carboxylic acids is 1. The van der Waals surface area contributed by atoms with Gasteiger partial charge in [-0.05, 0) is 18.9 Å². The Morgan fingerprint density at radius 3 is 2.57 bits per heavy atom. The molecule has 2 amide bonds. The summed E-state index contributed by atoms with van der Waals surface area (Å²) in [6, 6.07) is 9.10. The van der Waals surface area contributed by atoms with E-state index in [0.717, 1.165) is 5.56 Å². The van der Waals surface area contributed by atoms with Crippen molar-refractivity contribution in [1.29, 1.82) is 0 Å². The van der Waals surface area contributed by atoms with Crippen LogP contribution < -0.4 is 5.32 Å². The maximum atomic E-state index is 12.1. The van der Waals surface area contributed by atoms with E-state index in [1.807, 2.05) is 30.3 Å². The molecule has 0 radical (unpaired) electrons. The molecule has 1 aromatic rings. The lowest BCUT2D eigenvalue weighted by Gasteiger charge is -2.23. The number of hydrogen-bond donors (Lipinski definition) is 2. The van der Waals surface area contributed by atoms with Crippen LogP contribution in [0.2, 0.25) is 0 Å². The molecule has 124 valence electrons. The summed E-state index contributed by atoms with van der Waals surface area (Å²) in [6.45, 7) is 2.50. The number of hydrogen-bond acceptors (Lipinski definition) is 3. The predicted molar refractivity (Wildman–Crippen MR) is 84.7 cm³/mol. The van der Waals surface area contributed by atoms with Crippen LogP contribution in [0.5, 0.6) is 0 Å². The standard InChI is InChI=1S/C17H22N2O4/c1-12-14(17(22)23)8-10-19(12)16(21)7-9-18-15(20)11-13-5-3-2-4-6-13/h2-6,12,14H,7-11H2,1H3,(H,18,20)(H,22,23). The van der Waals surface area contributed by atoms with Gasteiger partial charge in [0.05, 0.1) is 12.3 Å². The third-order valence-corrected chi connectivity index (χ3v) is 4.26. The van der Waals surface area contributed by atoms with E-state index < -0.39 is 11.9 Å². The van der Waals surface area contributed by atoms with E-state index in [1.165, 1.54) is 0 Å². The zero-order valence-electron chi connectivity index (χ0n) is 13.2. The number of carboxylic acid groups (broad SMARTS) is 1. The van der Waals surface area contributed by atoms with Crippen molar-refractivity contribution in [3.8, 4) is 0 Å². The van der Waals surface area contributed by atoms with E-state index in [-0.39, 0.29) is 37.2 Å². The molecule has 0 aromatic heterocycles. The molecule has 1 aromatic carbocycles. The van der Waals surface area contributed by atoms with Gasteiger partial charge in [-0.2, -0.15) is 0 Å². The highest BCUT2D eigenvalue weighted by molar-refractivity contribution is 5.81. The van der Waals surface area contributed by atoms with Crippen LogP contribution in [0.4, 0.5) is 0 Å². The van der Waals surface area contributed by atoms with Crippen molar-refractivity contribution >= 4 is 17.8 Å². The second-order valence-corrected chi connectivity index (χ2v) is 5.82. The largest absolute Gasteiger partial charge is 0.481 e. The van der Waals surface area contributed by atoms with Gasteiger partial charge in [0.15, 0.2) is 0 Å². The molecule has 0 spiro atoms. The van der Waals surface area contributed by atoms with Gasteiger partial charge >= 0.3 is 5.97 Å². The number of rotatable bonds is 6. The number of carbonyl (C=O) groups excluding carboxylic acids is 2. The lowest BCUT2D eigenvalue weighted by molar-refractivity contribution is -0.143. The van der Waals surface area contributed by atoms with E-state index in [2.05, 4.69) is 5.32 Å². The molecule has 0 bridgehead atoms. The van der Waals surface area contributed by atoms with Gasteiger partial charge in [-0.1, -0.05) is 30.3 Å².